The molecule has 1 aliphatic heterocycles. The van der Waals surface area contributed by atoms with Gasteiger partial charge in [-0.3, -0.25) is 15.0 Å². The van der Waals surface area contributed by atoms with E-state index in [-0.39, 0.29) is 11.3 Å². The van der Waals surface area contributed by atoms with Crippen molar-refractivity contribution >= 4 is 11.8 Å². The lowest BCUT2D eigenvalue weighted by molar-refractivity contribution is -0.385. The van der Waals surface area contributed by atoms with Crippen LogP contribution in [0.5, 0.6) is 11.5 Å². The number of rotatable bonds is 8. The zero-order valence-corrected chi connectivity index (χ0v) is 15.5. The highest BCUT2D eigenvalue weighted by molar-refractivity contribution is 5.61. The Morgan fingerprint density at radius 3 is 2.74 bits per heavy atom. The van der Waals surface area contributed by atoms with Crippen molar-refractivity contribution in [2.45, 2.75) is 18.9 Å². The lowest BCUT2D eigenvalue weighted by Crippen LogP contribution is -2.37. The second-order valence-electron chi connectivity index (χ2n) is 6.92. The second-order valence-corrected chi connectivity index (χ2v) is 6.92. The van der Waals surface area contributed by atoms with Crippen LogP contribution in [0.25, 0.3) is 6.08 Å². The van der Waals surface area contributed by atoms with Gasteiger partial charge < -0.3 is 9.47 Å². The molecule has 0 amide bonds. The molecule has 1 unspecified atom stereocenters. The average molecular weight is 368 g/mol. The Labute approximate surface area is 159 Å². The number of para-hydroxylation sites is 1. The molecule has 0 aromatic heterocycles. The zero-order chi connectivity index (χ0) is 19.3. The second kappa shape index (κ2) is 8.22. The fourth-order valence-corrected chi connectivity index (χ4v) is 3.32. The third-order valence-corrected chi connectivity index (χ3v) is 4.71. The number of benzene rings is 2. The summed E-state index contributed by atoms with van der Waals surface area (Å²) in [6.07, 6.45) is 2.37. The molecule has 142 valence electrons. The van der Waals surface area contributed by atoms with E-state index in [2.05, 4.69) is 18.4 Å². The molecule has 1 atom stereocenters. The largest absolute Gasteiger partial charge is 0.492 e. The fraction of sp³-hybridized carbons (Fsp3) is 0.333. The Kier molecular flexibility index (Phi) is 5.76. The van der Waals surface area contributed by atoms with Gasteiger partial charge in [0.05, 0.1) is 10.5 Å². The van der Waals surface area contributed by atoms with Crippen LogP contribution >= 0.6 is 0 Å². The molecule has 3 rings (SSSR count). The summed E-state index contributed by atoms with van der Waals surface area (Å²) >= 11 is 0. The van der Waals surface area contributed by atoms with E-state index in [1.54, 1.807) is 12.1 Å². The maximum atomic E-state index is 11.0. The lowest BCUT2D eigenvalue weighted by atomic mass is 10.1. The van der Waals surface area contributed by atoms with E-state index in [0.29, 0.717) is 17.9 Å². The van der Waals surface area contributed by atoms with E-state index >= 15 is 0 Å². The minimum atomic E-state index is -0.410. The topological polar surface area (TPSA) is 64.8 Å². The summed E-state index contributed by atoms with van der Waals surface area (Å²) in [6, 6.07) is 14.6. The molecule has 6 heteroatoms. The van der Waals surface area contributed by atoms with Gasteiger partial charge in [0, 0.05) is 32.1 Å². The average Bonchev–Trinajstić information content (AvgIpc) is 3.03. The summed E-state index contributed by atoms with van der Waals surface area (Å²) < 4.78 is 11.9. The predicted molar refractivity (Wildman–Crippen MR) is 105 cm³/mol. The SMILES string of the molecule is C=Cc1cc(OC2(C)CCN(CCOc3ccccc3)C2)ccc1[N+](=O)[O-]. The van der Waals surface area contributed by atoms with Crippen molar-refractivity contribution < 1.29 is 14.4 Å². The lowest BCUT2D eigenvalue weighted by Gasteiger charge is -2.26. The van der Waals surface area contributed by atoms with Crippen LogP contribution < -0.4 is 9.47 Å². The fourth-order valence-electron chi connectivity index (χ4n) is 3.32. The van der Waals surface area contributed by atoms with Gasteiger partial charge in [0.1, 0.15) is 23.7 Å². The minimum Gasteiger partial charge on any atom is -0.492 e. The van der Waals surface area contributed by atoms with Gasteiger partial charge in [0.15, 0.2) is 0 Å². The molecule has 2 aromatic rings. The van der Waals surface area contributed by atoms with Gasteiger partial charge in [-0.15, -0.1) is 0 Å². The highest BCUT2D eigenvalue weighted by atomic mass is 16.6. The molecule has 0 radical (unpaired) electrons. The van der Waals surface area contributed by atoms with Gasteiger partial charge >= 0.3 is 0 Å². The smallest absolute Gasteiger partial charge is 0.276 e. The quantitative estimate of drug-likeness (QED) is 0.517. The summed E-state index contributed by atoms with van der Waals surface area (Å²) in [5.74, 6) is 1.50. The van der Waals surface area contributed by atoms with Gasteiger partial charge in [0.25, 0.3) is 5.69 Å². The summed E-state index contributed by atoms with van der Waals surface area (Å²) in [4.78, 5) is 12.9. The molecular formula is C21H24N2O4. The minimum absolute atomic E-state index is 0.0358. The van der Waals surface area contributed by atoms with Gasteiger partial charge in [-0.2, -0.15) is 0 Å². The van der Waals surface area contributed by atoms with Crippen LogP contribution in [0.4, 0.5) is 5.69 Å². The number of nitro benzene ring substituents is 1. The highest BCUT2D eigenvalue weighted by Crippen LogP contribution is 2.31. The van der Waals surface area contributed by atoms with Crippen LogP contribution in [0, 0.1) is 10.1 Å². The Morgan fingerprint density at radius 1 is 1.26 bits per heavy atom. The first kappa shape index (κ1) is 18.9. The van der Waals surface area contributed by atoms with Crippen LogP contribution in [0.3, 0.4) is 0 Å². The van der Waals surface area contributed by atoms with E-state index in [4.69, 9.17) is 9.47 Å². The molecule has 1 aliphatic rings. The molecule has 0 bridgehead atoms. The van der Waals surface area contributed by atoms with Gasteiger partial charge in [-0.1, -0.05) is 30.9 Å². The maximum Gasteiger partial charge on any atom is 0.276 e. The number of hydrogen-bond donors (Lipinski definition) is 0. The van der Waals surface area contributed by atoms with Crippen LogP contribution in [-0.4, -0.2) is 41.7 Å². The molecule has 2 aromatic carbocycles. The van der Waals surface area contributed by atoms with E-state index in [0.717, 1.165) is 31.8 Å². The number of nitrogens with zero attached hydrogens (tertiary/aromatic N) is 2. The normalized spacial score (nSPS) is 19.6. The van der Waals surface area contributed by atoms with Crippen LogP contribution in [0.15, 0.2) is 55.1 Å². The monoisotopic (exact) mass is 368 g/mol. The van der Waals surface area contributed by atoms with Crippen molar-refractivity contribution in [3.05, 3.63) is 70.8 Å². The first-order valence-electron chi connectivity index (χ1n) is 8.99. The molecule has 1 fully saturated rings. The molecule has 1 heterocycles. The van der Waals surface area contributed by atoms with Crippen molar-refractivity contribution in [3.8, 4) is 11.5 Å². The number of ether oxygens (including phenoxy) is 2. The molecule has 27 heavy (non-hydrogen) atoms. The van der Waals surface area contributed by atoms with Gasteiger partial charge in [-0.25, -0.2) is 0 Å². The van der Waals surface area contributed by atoms with Crippen molar-refractivity contribution in [2.75, 3.05) is 26.2 Å². The molecule has 1 saturated heterocycles. The van der Waals surface area contributed by atoms with E-state index in [1.165, 1.54) is 12.1 Å². The van der Waals surface area contributed by atoms with Crippen molar-refractivity contribution in [1.29, 1.82) is 0 Å². The maximum absolute atomic E-state index is 11.0. The summed E-state index contributed by atoms with van der Waals surface area (Å²) in [7, 11) is 0. The van der Waals surface area contributed by atoms with Crippen molar-refractivity contribution in [3.63, 3.8) is 0 Å². The highest BCUT2D eigenvalue weighted by Gasteiger charge is 2.35. The summed E-state index contributed by atoms with van der Waals surface area (Å²) in [5, 5.41) is 11.0. The first-order chi connectivity index (χ1) is 13.0. The van der Waals surface area contributed by atoms with E-state index in [9.17, 15) is 10.1 Å². The van der Waals surface area contributed by atoms with Gasteiger partial charge in [-0.05, 0) is 31.2 Å². The third kappa shape index (κ3) is 4.86. The van der Waals surface area contributed by atoms with E-state index in [1.807, 2.05) is 30.3 Å². The predicted octanol–water partition coefficient (Wildman–Crippen LogP) is 4.16. The van der Waals surface area contributed by atoms with E-state index < -0.39 is 4.92 Å². The zero-order valence-electron chi connectivity index (χ0n) is 15.5. The Balaban J connectivity index is 1.55. The van der Waals surface area contributed by atoms with Crippen molar-refractivity contribution in [2.24, 2.45) is 0 Å². The van der Waals surface area contributed by atoms with Crippen molar-refractivity contribution in [1.82, 2.24) is 4.90 Å². The Bertz CT molecular complexity index is 809. The number of hydrogen-bond acceptors (Lipinski definition) is 5. The number of likely N-dealkylation sites (tertiary alicyclic amines) is 1. The van der Waals surface area contributed by atoms with Crippen LogP contribution in [0.2, 0.25) is 0 Å². The molecule has 0 spiro atoms. The molecule has 0 saturated carbocycles. The van der Waals surface area contributed by atoms with Crippen LogP contribution in [0.1, 0.15) is 18.9 Å². The van der Waals surface area contributed by atoms with Crippen LogP contribution in [-0.2, 0) is 0 Å². The third-order valence-electron chi connectivity index (χ3n) is 4.71. The Morgan fingerprint density at radius 2 is 2.04 bits per heavy atom. The summed E-state index contributed by atoms with van der Waals surface area (Å²) in [5.41, 5.74) is 0.169. The number of nitro groups is 1. The summed E-state index contributed by atoms with van der Waals surface area (Å²) in [6.45, 7) is 8.88. The molecular weight excluding hydrogens is 344 g/mol. The molecule has 0 aliphatic carbocycles. The first-order valence-corrected chi connectivity index (χ1v) is 8.99. The van der Waals surface area contributed by atoms with Gasteiger partial charge in [0.2, 0.25) is 0 Å². The Hall–Kier alpha value is -2.86. The molecule has 6 nitrogen and oxygen atoms in total. The standard InChI is InChI=1S/C21H24N2O4/c1-3-17-15-19(9-10-20(17)23(24)25)27-21(2)11-12-22(16-21)13-14-26-18-7-5-4-6-8-18/h3-10,15H,1,11-14,16H2,2H3. The molecule has 0 N–H and O–H groups in total.